The van der Waals surface area contributed by atoms with Gasteiger partial charge in [0.2, 0.25) is 5.91 Å². The maximum Gasteiger partial charge on any atom is 0.240 e. The molecule has 2 atom stereocenters. The molecule has 0 aliphatic carbocycles. The Balaban J connectivity index is 3.94. The van der Waals surface area contributed by atoms with E-state index in [0.29, 0.717) is 0 Å². The molecule has 0 fully saturated rings. The summed E-state index contributed by atoms with van der Waals surface area (Å²) in [6.07, 6.45) is 5.08. The van der Waals surface area contributed by atoms with E-state index in [0.717, 1.165) is 31.6 Å². The number of carbonyl (C=O) groups is 1. The van der Waals surface area contributed by atoms with Crippen LogP contribution in [0.1, 0.15) is 66.7 Å². The van der Waals surface area contributed by atoms with Gasteiger partial charge in [0.1, 0.15) is 0 Å². The molecule has 0 aliphatic rings. The highest BCUT2D eigenvalue weighted by Gasteiger charge is 2.27. The second kappa shape index (κ2) is 7.70. The van der Waals surface area contributed by atoms with E-state index in [1.54, 1.807) is 0 Å². The first-order chi connectivity index (χ1) is 7.79. The summed E-state index contributed by atoms with van der Waals surface area (Å²) in [6, 6.07) is 0.223. The second-order valence-electron chi connectivity index (χ2n) is 5.87. The molecule has 0 aliphatic heterocycles. The molecular formula is C14H30N2O. The molecule has 0 saturated carbocycles. The monoisotopic (exact) mass is 242 g/mol. The molecule has 2 unspecified atom stereocenters. The highest BCUT2D eigenvalue weighted by molar-refractivity contribution is 5.85. The number of hydrogen-bond donors (Lipinski definition) is 2. The molecule has 0 spiro atoms. The van der Waals surface area contributed by atoms with Crippen molar-refractivity contribution in [2.75, 3.05) is 0 Å². The van der Waals surface area contributed by atoms with E-state index in [-0.39, 0.29) is 11.9 Å². The van der Waals surface area contributed by atoms with Gasteiger partial charge >= 0.3 is 0 Å². The molecule has 0 bridgehead atoms. The Bertz CT molecular complexity index is 224. The molecule has 0 saturated heterocycles. The molecule has 102 valence electrons. The fourth-order valence-corrected chi connectivity index (χ4v) is 1.93. The third-order valence-corrected chi connectivity index (χ3v) is 3.08. The van der Waals surface area contributed by atoms with Crippen LogP contribution >= 0.6 is 0 Å². The summed E-state index contributed by atoms with van der Waals surface area (Å²) in [5, 5.41) is 3.01. The van der Waals surface area contributed by atoms with Crippen LogP contribution in [-0.4, -0.2) is 17.5 Å². The van der Waals surface area contributed by atoms with Crippen LogP contribution in [0, 0.1) is 5.92 Å². The lowest BCUT2D eigenvalue weighted by Crippen LogP contribution is -2.53. The van der Waals surface area contributed by atoms with Gasteiger partial charge in [-0.25, -0.2) is 0 Å². The minimum Gasteiger partial charge on any atom is -0.352 e. The van der Waals surface area contributed by atoms with Crippen molar-refractivity contribution >= 4 is 5.91 Å². The Morgan fingerprint density at radius 2 is 1.88 bits per heavy atom. The maximum atomic E-state index is 11.9. The lowest BCUT2D eigenvalue weighted by Gasteiger charge is -2.25. The van der Waals surface area contributed by atoms with Gasteiger partial charge < -0.3 is 11.1 Å². The van der Waals surface area contributed by atoms with Crippen molar-refractivity contribution < 1.29 is 4.79 Å². The van der Waals surface area contributed by atoms with Crippen molar-refractivity contribution in [1.82, 2.24) is 5.32 Å². The summed E-state index contributed by atoms with van der Waals surface area (Å²) in [5.41, 5.74) is 5.26. The SMILES string of the molecule is CCCC(C)(N)C(=O)NC(C)CCCC(C)C. The number of hydrogen-bond acceptors (Lipinski definition) is 2. The molecular weight excluding hydrogens is 212 g/mol. The molecule has 0 aromatic heterocycles. The lowest BCUT2D eigenvalue weighted by molar-refractivity contribution is -0.126. The van der Waals surface area contributed by atoms with Crippen LogP contribution in [0.2, 0.25) is 0 Å². The number of amides is 1. The fraction of sp³-hybridized carbons (Fsp3) is 0.929. The van der Waals surface area contributed by atoms with Gasteiger partial charge in [0.05, 0.1) is 5.54 Å². The first kappa shape index (κ1) is 16.4. The largest absolute Gasteiger partial charge is 0.352 e. The van der Waals surface area contributed by atoms with E-state index in [2.05, 4.69) is 26.1 Å². The summed E-state index contributed by atoms with van der Waals surface area (Å²) in [4.78, 5) is 11.9. The Morgan fingerprint density at radius 3 is 2.35 bits per heavy atom. The molecule has 0 rings (SSSR count). The molecule has 17 heavy (non-hydrogen) atoms. The van der Waals surface area contributed by atoms with Gasteiger partial charge in [0, 0.05) is 6.04 Å². The molecule has 3 N–H and O–H groups in total. The van der Waals surface area contributed by atoms with E-state index in [1.807, 2.05) is 13.8 Å². The third kappa shape index (κ3) is 7.37. The average Bonchev–Trinajstić information content (AvgIpc) is 2.16. The molecule has 0 aromatic rings. The molecule has 0 heterocycles. The summed E-state index contributed by atoms with van der Waals surface area (Å²) in [5.74, 6) is 0.717. The Kier molecular flexibility index (Phi) is 7.44. The van der Waals surface area contributed by atoms with Gasteiger partial charge in [-0.2, -0.15) is 0 Å². The summed E-state index contributed by atoms with van der Waals surface area (Å²) in [6.45, 7) is 10.4. The van der Waals surface area contributed by atoms with Gasteiger partial charge in [-0.1, -0.05) is 40.0 Å². The lowest BCUT2D eigenvalue weighted by atomic mass is 9.95. The van der Waals surface area contributed by atoms with Crippen LogP contribution < -0.4 is 11.1 Å². The van der Waals surface area contributed by atoms with Crippen molar-refractivity contribution in [3.05, 3.63) is 0 Å². The van der Waals surface area contributed by atoms with Crippen molar-refractivity contribution in [3.63, 3.8) is 0 Å². The van der Waals surface area contributed by atoms with Gasteiger partial charge in [-0.05, 0) is 32.6 Å². The molecule has 0 aromatic carbocycles. The van der Waals surface area contributed by atoms with Gasteiger partial charge in [-0.15, -0.1) is 0 Å². The first-order valence-electron chi connectivity index (χ1n) is 6.89. The zero-order valence-electron chi connectivity index (χ0n) is 12.2. The number of nitrogens with two attached hydrogens (primary N) is 1. The van der Waals surface area contributed by atoms with Crippen LogP contribution in [0.4, 0.5) is 0 Å². The fourth-order valence-electron chi connectivity index (χ4n) is 1.93. The molecule has 0 radical (unpaired) electrons. The highest BCUT2D eigenvalue weighted by atomic mass is 16.2. The molecule has 3 heteroatoms. The van der Waals surface area contributed by atoms with E-state index >= 15 is 0 Å². The number of carbonyl (C=O) groups excluding carboxylic acids is 1. The van der Waals surface area contributed by atoms with Gasteiger partial charge in [0.15, 0.2) is 0 Å². The van der Waals surface area contributed by atoms with Crippen LogP contribution in [0.25, 0.3) is 0 Å². The maximum absolute atomic E-state index is 11.9. The third-order valence-electron chi connectivity index (χ3n) is 3.08. The number of nitrogens with one attached hydrogen (secondary N) is 1. The second-order valence-corrected chi connectivity index (χ2v) is 5.87. The molecule has 3 nitrogen and oxygen atoms in total. The van der Waals surface area contributed by atoms with E-state index in [9.17, 15) is 4.79 Å². The predicted octanol–water partition coefficient (Wildman–Crippen LogP) is 2.83. The Hall–Kier alpha value is -0.570. The van der Waals surface area contributed by atoms with E-state index in [1.165, 1.54) is 6.42 Å². The minimum absolute atomic E-state index is 0.0172. The Morgan fingerprint density at radius 1 is 1.29 bits per heavy atom. The van der Waals surface area contributed by atoms with Gasteiger partial charge in [-0.3, -0.25) is 4.79 Å². The topological polar surface area (TPSA) is 55.1 Å². The van der Waals surface area contributed by atoms with E-state index < -0.39 is 5.54 Å². The summed E-state index contributed by atoms with van der Waals surface area (Å²) in [7, 11) is 0. The zero-order valence-corrected chi connectivity index (χ0v) is 12.2. The summed E-state index contributed by atoms with van der Waals surface area (Å²) < 4.78 is 0. The summed E-state index contributed by atoms with van der Waals surface area (Å²) >= 11 is 0. The minimum atomic E-state index is -0.721. The highest BCUT2D eigenvalue weighted by Crippen LogP contribution is 2.11. The van der Waals surface area contributed by atoms with Crippen LogP contribution in [0.15, 0.2) is 0 Å². The standard InChI is InChI=1S/C14H30N2O/c1-6-10-14(5,15)13(17)16-12(4)9-7-8-11(2)3/h11-12H,6-10,15H2,1-5H3,(H,16,17). The smallest absolute Gasteiger partial charge is 0.240 e. The van der Waals surface area contributed by atoms with Crippen molar-refractivity contribution in [2.45, 2.75) is 78.3 Å². The van der Waals surface area contributed by atoms with Crippen molar-refractivity contribution in [2.24, 2.45) is 11.7 Å². The van der Waals surface area contributed by atoms with Crippen molar-refractivity contribution in [3.8, 4) is 0 Å². The Labute approximate surface area is 107 Å². The average molecular weight is 242 g/mol. The van der Waals surface area contributed by atoms with Gasteiger partial charge in [0.25, 0.3) is 0 Å². The van der Waals surface area contributed by atoms with Crippen molar-refractivity contribution in [1.29, 1.82) is 0 Å². The molecule has 1 amide bonds. The predicted molar refractivity (Wildman–Crippen MR) is 73.8 cm³/mol. The first-order valence-corrected chi connectivity index (χ1v) is 6.89. The zero-order chi connectivity index (χ0) is 13.5. The van der Waals surface area contributed by atoms with Crippen LogP contribution in [0.5, 0.6) is 0 Å². The quantitative estimate of drug-likeness (QED) is 0.687. The van der Waals surface area contributed by atoms with Crippen LogP contribution in [0.3, 0.4) is 0 Å². The van der Waals surface area contributed by atoms with E-state index in [4.69, 9.17) is 5.73 Å². The normalized spacial score (nSPS) is 16.6. The van der Waals surface area contributed by atoms with Crippen LogP contribution in [-0.2, 0) is 4.79 Å². The number of rotatable bonds is 8.